The number of morpholine rings is 1. The van der Waals surface area contributed by atoms with E-state index in [0.29, 0.717) is 44.1 Å². The molecule has 1 saturated carbocycles. The second-order valence-corrected chi connectivity index (χ2v) is 6.97. The van der Waals surface area contributed by atoms with Gasteiger partial charge in [-0.2, -0.15) is 0 Å². The zero-order valence-corrected chi connectivity index (χ0v) is 15.7. The summed E-state index contributed by atoms with van der Waals surface area (Å²) in [4.78, 5) is 31.4. The van der Waals surface area contributed by atoms with Crippen LogP contribution in [-0.2, 0) is 19.2 Å². The number of aryl methyl sites for hydroxylation is 1. The van der Waals surface area contributed by atoms with Gasteiger partial charge < -0.3 is 19.8 Å². The fourth-order valence-electron chi connectivity index (χ4n) is 3.79. The molecular formula is C19H25N4O4. The predicted octanol–water partition coefficient (Wildman–Crippen LogP) is 2.10. The van der Waals surface area contributed by atoms with Crippen LogP contribution < -0.4 is 16.0 Å². The van der Waals surface area contributed by atoms with E-state index in [1.807, 2.05) is 24.0 Å². The molecule has 0 unspecified atom stereocenters. The highest BCUT2D eigenvalue weighted by molar-refractivity contribution is 6.10. The fourth-order valence-corrected chi connectivity index (χ4v) is 3.79. The number of oxime groups is 1. The molecule has 2 amide bonds. The molecule has 0 bridgehead atoms. The summed E-state index contributed by atoms with van der Waals surface area (Å²) in [5, 5.41) is 6.86. The molecule has 2 aliphatic rings. The lowest BCUT2D eigenvalue weighted by Crippen LogP contribution is -2.42. The van der Waals surface area contributed by atoms with E-state index in [-0.39, 0.29) is 5.91 Å². The van der Waals surface area contributed by atoms with E-state index in [0.717, 1.165) is 24.1 Å². The van der Waals surface area contributed by atoms with Crippen molar-refractivity contribution in [1.82, 2.24) is 5.73 Å². The molecule has 1 saturated heterocycles. The summed E-state index contributed by atoms with van der Waals surface area (Å²) in [5.41, 5.74) is 8.88. The van der Waals surface area contributed by atoms with Gasteiger partial charge in [0.2, 0.25) is 5.91 Å². The van der Waals surface area contributed by atoms with Crippen molar-refractivity contribution in [2.75, 3.05) is 37.1 Å². The predicted molar refractivity (Wildman–Crippen MR) is 101 cm³/mol. The molecule has 8 heteroatoms. The Hall–Kier alpha value is -2.61. The lowest BCUT2D eigenvalue weighted by molar-refractivity contribution is -0.138. The number of rotatable bonds is 5. The summed E-state index contributed by atoms with van der Waals surface area (Å²) in [5.74, 6) is -0.479. The van der Waals surface area contributed by atoms with Gasteiger partial charge in [-0.15, -0.1) is 0 Å². The monoisotopic (exact) mass is 373 g/mol. The van der Waals surface area contributed by atoms with Gasteiger partial charge in [0.05, 0.1) is 6.61 Å². The zero-order valence-electron chi connectivity index (χ0n) is 15.7. The number of amides is 2. The Balaban J connectivity index is 1.79. The van der Waals surface area contributed by atoms with Crippen LogP contribution in [0.3, 0.4) is 0 Å². The molecule has 2 N–H and O–H groups in total. The highest BCUT2D eigenvalue weighted by Gasteiger charge is 2.47. The van der Waals surface area contributed by atoms with Gasteiger partial charge in [0.15, 0.2) is 5.84 Å². The van der Waals surface area contributed by atoms with Crippen LogP contribution >= 0.6 is 0 Å². The zero-order chi connectivity index (χ0) is 19.4. The van der Waals surface area contributed by atoms with E-state index in [1.54, 1.807) is 6.07 Å². The Bertz CT molecular complexity index is 756. The van der Waals surface area contributed by atoms with E-state index in [1.165, 1.54) is 7.11 Å². The van der Waals surface area contributed by atoms with Gasteiger partial charge in [-0.25, -0.2) is 0 Å². The molecule has 0 aromatic heterocycles. The normalized spacial score (nSPS) is 20.5. The standard InChI is InChI=1S/C19H25N4O4/c1-13-11-14(21-18(25)19(17(20)24)7-3-4-8-19)5-6-15(13)23-9-10-27-12-16(23)22-26-2/h5-6,11,20H,3-4,7-10,12H2,1-2H3,(H,21,25). The number of anilines is 2. The number of nitrogens with zero attached hydrogens (tertiary/aromatic N) is 2. The summed E-state index contributed by atoms with van der Waals surface area (Å²) in [7, 11) is 1.50. The van der Waals surface area contributed by atoms with E-state index in [2.05, 4.69) is 10.5 Å². The van der Waals surface area contributed by atoms with Gasteiger partial charge in [-0.1, -0.05) is 18.0 Å². The van der Waals surface area contributed by atoms with Crippen molar-refractivity contribution >= 4 is 29.0 Å². The Kier molecular flexibility index (Phi) is 5.65. The summed E-state index contributed by atoms with van der Waals surface area (Å²) < 4.78 is 5.43. The van der Waals surface area contributed by atoms with Crippen molar-refractivity contribution in [3.05, 3.63) is 23.8 Å². The second-order valence-electron chi connectivity index (χ2n) is 6.97. The van der Waals surface area contributed by atoms with Crippen LogP contribution in [0, 0.1) is 12.3 Å². The number of nitrogens with one attached hydrogen (secondary N) is 2. The Morgan fingerprint density at radius 3 is 2.70 bits per heavy atom. The van der Waals surface area contributed by atoms with E-state index >= 15 is 0 Å². The maximum Gasteiger partial charge on any atom is 0.254 e. The third-order valence-corrected chi connectivity index (χ3v) is 5.27. The van der Waals surface area contributed by atoms with Gasteiger partial charge in [0.25, 0.3) is 5.91 Å². The molecule has 27 heavy (non-hydrogen) atoms. The molecular weight excluding hydrogens is 348 g/mol. The van der Waals surface area contributed by atoms with E-state index in [4.69, 9.17) is 15.3 Å². The van der Waals surface area contributed by atoms with Crippen LogP contribution in [-0.4, -0.2) is 44.5 Å². The number of hydrogen-bond acceptors (Lipinski definition) is 5. The van der Waals surface area contributed by atoms with Crippen LogP contribution in [0.4, 0.5) is 11.4 Å². The molecule has 1 aliphatic carbocycles. The molecule has 0 spiro atoms. The third-order valence-electron chi connectivity index (χ3n) is 5.27. The topological polar surface area (TPSA) is 104 Å². The minimum absolute atomic E-state index is 0.375. The first-order chi connectivity index (χ1) is 13.0. The average Bonchev–Trinajstić information content (AvgIpc) is 3.14. The summed E-state index contributed by atoms with van der Waals surface area (Å²) in [6, 6.07) is 5.58. The molecule has 1 heterocycles. The smallest absolute Gasteiger partial charge is 0.254 e. The average molecular weight is 373 g/mol. The number of amidine groups is 1. The van der Waals surface area contributed by atoms with Crippen molar-refractivity contribution < 1.29 is 19.2 Å². The number of ether oxygens (including phenoxy) is 1. The first-order valence-corrected chi connectivity index (χ1v) is 9.11. The quantitative estimate of drug-likeness (QED) is 0.629. The molecule has 1 radical (unpaired) electrons. The molecule has 1 aliphatic heterocycles. The molecule has 1 aromatic rings. The minimum Gasteiger partial charge on any atom is -0.398 e. The minimum atomic E-state index is -1.20. The van der Waals surface area contributed by atoms with Crippen LogP contribution in [0.15, 0.2) is 23.4 Å². The van der Waals surface area contributed by atoms with E-state index in [9.17, 15) is 9.59 Å². The van der Waals surface area contributed by atoms with Crippen LogP contribution in [0.2, 0.25) is 0 Å². The van der Waals surface area contributed by atoms with E-state index < -0.39 is 11.3 Å². The number of benzene rings is 1. The van der Waals surface area contributed by atoms with Crippen molar-refractivity contribution in [2.45, 2.75) is 32.6 Å². The van der Waals surface area contributed by atoms with Crippen LogP contribution in [0.5, 0.6) is 0 Å². The molecule has 145 valence electrons. The summed E-state index contributed by atoms with van der Waals surface area (Å²) in [6.07, 6.45) is 2.50. The molecule has 1 aromatic carbocycles. The molecule has 8 nitrogen and oxygen atoms in total. The number of hydrogen-bond donors (Lipinski definition) is 1. The van der Waals surface area contributed by atoms with Gasteiger partial charge in [0, 0.05) is 17.9 Å². The third kappa shape index (κ3) is 3.75. The van der Waals surface area contributed by atoms with Crippen molar-refractivity contribution in [2.24, 2.45) is 10.6 Å². The number of carbonyl (C=O) groups excluding carboxylic acids is 2. The SMILES string of the molecule is CON=C1COCCN1c1ccc(NC(=O)C2(C([NH])=O)CCCC2)cc1C. The van der Waals surface area contributed by atoms with Gasteiger partial charge in [-0.05, 0) is 43.5 Å². The molecule has 2 fully saturated rings. The number of carbonyl (C=O) groups is 2. The van der Waals surface area contributed by atoms with Crippen molar-refractivity contribution in [1.29, 1.82) is 0 Å². The van der Waals surface area contributed by atoms with Crippen molar-refractivity contribution in [3.8, 4) is 0 Å². The Morgan fingerprint density at radius 1 is 1.33 bits per heavy atom. The Morgan fingerprint density at radius 2 is 2.07 bits per heavy atom. The second kappa shape index (κ2) is 7.96. The van der Waals surface area contributed by atoms with Crippen LogP contribution in [0.25, 0.3) is 0 Å². The summed E-state index contributed by atoms with van der Waals surface area (Å²) in [6.45, 7) is 3.58. The van der Waals surface area contributed by atoms with Gasteiger partial charge in [-0.3, -0.25) is 15.3 Å². The highest BCUT2D eigenvalue weighted by atomic mass is 16.6. The largest absolute Gasteiger partial charge is 0.398 e. The first kappa shape index (κ1) is 19.2. The maximum absolute atomic E-state index is 12.7. The fraction of sp³-hybridized carbons (Fsp3) is 0.526. The summed E-state index contributed by atoms with van der Waals surface area (Å²) >= 11 is 0. The lowest BCUT2D eigenvalue weighted by Gasteiger charge is -2.31. The first-order valence-electron chi connectivity index (χ1n) is 9.11. The maximum atomic E-state index is 12.7. The van der Waals surface area contributed by atoms with Gasteiger partial charge >= 0.3 is 0 Å². The van der Waals surface area contributed by atoms with Crippen molar-refractivity contribution in [3.63, 3.8) is 0 Å². The molecule has 3 rings (SSSR count). The van der Waals surface area contributed by atoms with Crippen LogP contribution in [0.1, 0.15) is 31.2 Å². The Labute approximate surface area is 158 Å². The lowest BCUT2D eigenvalue weighted by atomic mass is 9.84. The van der Waals surface area contributed by atoms with Gasteiger partial charge in [0.1, 0.15) is 19.1 Å². The highest BCUT2D eigenvalue weighted by Crippen LogP contribution is 2.39. The molecule has 0 atom stereocenters.